The lowest BCUT2D eigenvalue weighted by Crippen LogP contribution is -2.29. The van der Waals surface area contributed by atoms with Crippen molar-refractivity contribution in [1.29, 1.82) is 0 Å². The van der Waals surface area contributed by atoms with E-state index in [1.807, 2.05) is 30.8 Å². The second-order valence-corrected chi connectivity index (χ2v) is 3.26. The lowest BCUT2D eigenvalue weighted by atomic mass is 10.3. The van der Waals surface area contributed by atoms with Crippen molar-refractivity contribution in [2.75, 3.05) is 6.54 Å². The maximum atomic E-state index is 4.37. The molecule has 0 saturated carbocycles. The predicted molar refractivity (Wildman–Crippen MR) is 55.7 cm³/mol. The van der Waals surface area contributed by atoms with E-state index in [1.165, 1.54) is 5.22 Å². The maximum absolute atomic E-state index is 4.37. The van der Waals surface area contributed by atoms with Crippen LogP contribution in [-0.4, -0.2) is 22.6 Å². The summed E-state index contributed by atoms with van der Waals surface area (Å²) >= 11 is 0. The molecule has 1 aromatic heterocycles. The van der Waals surface area contributed by atoms with Crippen LogP contribution in [0.25, 0.3) is 11.9 Å². The zero-order valence-corrected chi connectivity index (χ0v) is 7.59. The lowest BCUT2D eigenvalue weighted by molar-refractivity contribution is 0.622. The molecule has 0 aromatic carbocycles. The first-order valence-electron chi connectivity index (χ1n) is 4.57. The van der Waals surface area contributed by atoms with Crippen LogP contribution in [0, 0.1) is 0 Å². The van der Waals surface area contributed by atoms with Gasteiger partial charge in [-0.25, -0.2) is 4.99 Å². The Balaban J connectivity index is 2.46. The summed E-state index contributed by atoms with van der Waals surface area (Å²) in [6, 6.07) is 2.00. The topological polar surface area (TPSA) is 28.5 Å². The number of hydrogen-bond acceptors (Lipinski definition) is 3. The number of aliphatic imine (C=N–C) groups is 1. The van der Waals surface area contributed by atoms with Gasteiger partial charge in [-0.15, -0.1) is 0 Å². The molecule has 0 N–H and O–H groups in total. The Morgan fingerprint density at radius 2 is 2.36 bits per heavy atom. The largest absolute Gasteiger partial charge is 0.327 e. The quantitative estimate of drug-likeness (QED) is 0.559. The van der Waals surface area contributed by atoms with Crippen LogP contribution < -0.4 is 10.4 Å². The standard InChI is InChI=1S/C11H9N3/c1-2-9-3-4-12-8-10(9)11-13-5-7-14(11)6-1/h1-6,8H,7H2. The van der Waals surface area contributed by atoms with Gasteiger partial charge in [0.2, 0.25) is 0 Å². The molecule has 3 nitrogen and oxygen atoms in total. The van der Waals surface area contributed by atoms with E-state index in [1.54, 1.807) is 6.20 Å². The molecule has 3 heterocycles. The summed E-state index contributed by atoms with van der Waals surface area (Å²) in [5, 5.41) is 2.28. The minimum absolute atomic E-state index is 0.855. The van der Waals surface area contributed by atoms with E-state index in [9.17, 15) is 0 Å². The molecule has 0 aliphatic carbocycles. The highest BCUT2D eigenvalue weighted by Crippen LogP contribution is 2.11. The average Bonchev–Trinajstić information content (AvgIpc) is 2.61. The summed E-state index contributed by atoms with van der Waals surface area (Å²) in [4.78, 5) is 10.6. The number of rotatable bonds is 0. The number of fused-ring (bicyclic) bond motifs is 2. The number of nitrogens with zero attached hydrogens (tertiary/aromatic N) is 3. The van der Waals surface area contributed by atoms with Crippen LogP contribution in [0.1, 0.15) is 0 Å². The molecule has 0 atom stereocenters. The van der Waals surface area contributed by atoms with Crippen LogP contribution in [0.2, 0.25) is 0 Å². The Bertz CT molecular complexity index is 540. The van der Waals surface area contributed by atoms with Crippen LogP contribution in [0.15, 0.2) is 35.7 Å². The van der Waals surface area contributed by atoms with E-state index in [0.29, 0.717) is 0 Å². The lowest BCUT2D eigenvalue weighted by Gasteiger charge is -2.10. The van der Waals surface area contributed by atoms with Crippen molar-refractivity contribution < 1.29 is 0 Å². The molecule has 0 spiro atoms. The minimum atomic E-state index is 0.855. The third kappa shape index (κ3) is 0.988. The molecule has 0 unspecified atom stereocenters. The van der Waals surface area contributed by atoms with Gasteiger partial charge in [-0.3, -0.25) is 4.98 Å². The number of hydrogen-bond donors (Lipinski definition) is 0. The normalized spacial score (nSPS) is 17.4. The molecule has 2 aliphatic heterocycles. The van der Waals surface area contributed by atoms with Gasteiger partial charge in [0.1, 0.15) is 5.82 Å². The summed E-state index contributed by atoms with van der Waals surface area (Å²) in [6.07, 6.45) is 11.8. The molecule has 0 saturated heterocycles. The first-order valence-corrected chi connectivity index (χ1v) is 4.57. The Morgan fingerprint density at radius 3 is 3.36 bits per heavy atom. The third-order valence-corrected chi connectivity index (χ3v) is 2.40. The van der Waals surface area contributed by atoms with Crippen molar-refractivity contribution in [1.82, 2.24) is 9.88 Å². The Kier molecular flexibility index (Phi) is 1.50. The molecule has 14 heavy (non-hydrogen) atoms. The molecule has 0 amide bonds. The van der Waals surface area contributed by atoms with E-state index in [-0.39, 0.29) is 0 Å². The SMILES string of the molecule is C1=CN2CC=NC2=c2cnccc2=C1. The average molecular weight is 183 g/mol. The second kappa shape index (κ2) is 2.80. The molecule has 1 aromatic rings. The van der Waals surface area contributed by atoms with Crippen molar-refractivity contribution >= 4 is 18.1 Å². The maximum Gasteiger partial charge on any atom is 0.141 e. The van der Waals surface area contributed by atoms with Gasteiger partial charge in [0.15, 0.2) is 0 Å². The summed E-state index contributed by atoms with van der Waals surface area (Å²) in [6.45, 7) is 0.855. The van der Waals surface area contributed by atoms with Gasteiger partial charge in [-0.05, 0) is 17.4 Å². The molecule has 0 radical (unpaired) electrons. The first-order chi connectivity index (χ1) is 6.95. The fourth-order valence-corrected chi connectivity index (χ4v) is 1.72. The number of pyridine rings is 1. The third-order valence-electron chi connectivity index (χ3n) is 2.40. The molecular weight excluding hydrogens is 174 g/mol. The smallest absolute Gasteiger partial charge is 0.141 e. The van der Waals surface area contributed by atoms with Crippen molar-refractivity contribution in [3.05, 3.63) is 41.2 Å². The zero-order valence-electron chi connectivity index (χ0n) is 7.59. The second-order valence-electron chi connectivity index (χ2n) is 3.26. The zero-order chi connectivity index (χ0) is 9.38. The van der Waals surface area contributed by atoms with Gasteiger partial charge < -0.3 is 4.90 Å². The van der Waals surface area contributed by atoms with Gasteiger partial charge in [0.25, 0.3) is 0 Å². The minimum Gasteiger partial charge on any atom is -0.327 e. The molecule has 0 bridgehead atoms. The summed E-state index contributed by atoms with van der Waals surface area (Å²) < 4.78 is 0. The number of allylic oxidation sites excluding steroid dienone is 1. The van der Waals surface area contributed by atoms with Crippen LogP contribution >= 0.6 is 0 Å². The van der Waals surface area contributed by atoms with Crippen LogP contribution in [0.3, 0.4) is 0 Å². The van der Waals surface area contributed by atoms with Crippen molar-refractivity contribution in [3.63, 3.8) is 0 Å². The van der Waals surface area contributed by atoms with Crippen molar-refractivity contribution in [2.45, 2.75) is 0 Å². The Labute approximate surface area is 81.4 Å². The first kappa shape index (κ1) is 7.50. The molecule has 3 heteroatoms. The van der Waals surface area contributed by atoms with Gasteiger partial charge >= 0.3 is 0 Å². The van der Waals surface area contributed by atoms with E-state index < -0.39 is 0 Å². The summed E-state index contributed by atoms with van der Waals surface area (Å²) in [5.74, 6) is 0.998. The molecule has 2 aliphatic rings. The Hall–Kier alpha value is -1.90. The van der Waals surface area contributed by atoms with Gasteiger partial charge in [0.05, 0.1) is 6.54 Å². The molecular formula is C11H9N3. The monoisotopic (exact) mass is 183 g/mol. The number of aromatic nitrogens is 1. The fraction of sp³-hybridized carbons (Fsp3) is 0.0909. The molecule has 3 rings (SSSR count). The van der Waals surface area contributed by atoms with Crippen LogP contribution in [0.4, 0.5) is 0 Å². The Morgan fingerprint density at radius 1 is 1.36 bits per heavy atom. The van der Waals surface area contributed by atoms with Crippen molar-refractivity contribution in [3.8, 4) is 0 Å². The van der Waals surface area contributed by atoms with E-state index in [4.69, 9.17) is 0 Å². The van der Waals surface area contributed by atoms with Gasteiger partial charge in [0, 0.05) is 30.0 Å². The molecule has 0 fully saturated rings. The van der Waals surface area contributed by atoms with E-state index >= 15 is 0 Å². The van der Waals surface area contributed by atoms with Crippen molar-refractivity contribution in [2.24, 2.45) is 4.99 Å². The van der Waals surface area contributed by atoms with Gasteiger partial charge in [-0.1, -0.05) is 6.08 Å². The summed E-state index contributed by atoms with van der Waals surface area (Å²) in [7, 11) is 0. The van der Waals surface area contributed by atoms with E-state index in [2.05, 4.69) is 21.0 Å². The highest BCUT2D eigenvalue weighted by molar-refractivity contribution is 5.74. The fourth-order valence-electron chi connectivity index (χ4n) is 1.72. The van der Waals surface area contributed by atoms with Crippen LogP contribution in [-0.2, 0) is 0 Å². The van der Waals surface area contributed by atoms with Crippen LogP contribution in [0.5, 0.6) is 0 Å². The predicted octanol–water partition coefficient (Wildman–Crippen LogP) is -0.158. The van der Waals surface area contributed by atoms with E-state index in [0.717, 1.165) is 17.6 Å². The summed E-state index contributed by atoms with van der Waals surface area (Å²) in [5.41, 5.74) is 0. The molecule has 68 valence electrons. The van der Waals surface area contributed by atoms with Gasteiger partial charge in [-0.2, -0.15) is 0 Å². The highest BCUT2D eigenvalue weighted by Gasteiger charge is 2.12. The highest BCUT2D eigenvalue weighted by atomic mass is 15.2.